The SMILES string of the molecule is C[C@H]1CCc2c(sc3nc([C@H](C)[NH2+]CCc4ccccc4)[nH]c(=O)c23)C1. The summed E-state index contributed by atoms with van der Waals surface area (Å²) in [5.41, 5.74) is 2.64. The van der Waals surface area contributed by atoms with E-state index in [2.05, 4.69) is 48.4 Å². The molecule has 1 aromatic carbocycles. The van der Waals surface area contributed by atoms with Gasteiger partial charge < -0.3 is 10.3 Å². The Balaban J connectivity index is 1.52. The fraction of sp³-hybridized carbons (Fsp3) is 0.429. The number of hydrogen-bond acceptors (Lipinski definition) is 3. The van der Waals surface area contributed by atoms with E-state index in [1.54, 1.807) is 11.3 Å². The van der Waals surface area contributed by atoms with Gasteiger partial charge in [-0.2, -0.15) is 0 Å². The molecule has 2 heterocycles. The van der Waals surface area contributed by atoms with Gasteiger partial charge in [-0.05, 0) is 43.2 Å². The summed E-state index contributed by atoms with van der Waals surface area (Å²) in [6.07, 6.45) is 4.29. The Labute approximate surface area is 157 Å². The Kier molecular flexibility index (Phi) is 4.92. The summed E-state index contributed by atoms with van der Waals surface area (Å²) < 4.78 is 0. The Bertz CT molecular complexity index is 961. The van der Waals surface area contributed by atoms with Crippen molar-refractivity contribution < 1.29 is 5.32 Å². The van der Waals surface area contributed by atoms with Gasteiger partial charge in [0.05, 0.1) is 11.9 Å². The van der Waals surface area contributed by atoms with E-state index in [0.717, 1.165) is 41.8 Å². The normalized spacial score (nSPS) is 18.0. The van der Waals surface area contributed by atoms with Crippen LogP contribution < -0.4 is 10.9 Å². The second-order valence-electron chi connectivity index (χ2n) is 7.53. The Morgan fingerprint density at radius 1 is 1.35 bits per heavy atom. The minimum Gasteiger partial charge on any atom is -0.337 e. The largest absolute Gasteiger partial charge is 0.337 e. The molecule has 3 aromatic rings. The first-order chi connectivity index (χ1) is 12.6. The molecule has 0 aliphatic heterocycles. The van der Waals surface area contributed by atoms with Crippen LogP contribution in [-0.4, -0.2) is 16.5 Å². The minimum absolute atomic E-state index is 0.0420. The molecule has 1 aliphatic rings. The van der Waals surface area contributed by atoms with Crippen LogP contribution in [0.25, 0.3) is 10.2 Å². The van der Waals surface area contributed by atoms with E-state index in [1.807, 2.05) is 6.07 Å². The van der Waals surface area contributed by atoms with Gasteiger partial charge in [-0.25, -0.2) is 4.98 Å². The van der Waals surface area contributed by atoms with Crippen LogP contribution in [0.5, 0.6) is 0 Å². The molecule has 5 heteroatoms. The zero-order valence-corrected chi connectivity index (χ0v) is 16.2. The van der Waals surface area contributed by atoms with Gasteiger partial charge in [-0.1, -0.05) is 37.3 Å². The molecule has 3 N–H and O–H groups in total. The molecular formula is C21H26N3OS+. The molecule has 2 atom stereocenters. The number of nitrogens with two attached hydrogens (primary N) is 1. The second-order valence-corrected chi connectivity index (χ2v) is 8.62. The third-order valence-corrected chi connectivity index (χ3v) is 6.56. The predicted octanol–water partition coefficient (Wildman–Crippen LogP) is 2.98. The highest BCUT2D eigenvalue weighted by molar-refractivity contribution is 7.18. The molecule has 0 spiro atoms. The van der Waals surface area contributed by atoms with Crippen LogP contribution in [0.3, 0.4) is 0 Å². The van der Waals surface area contributed by atoms with Crippen molar-refractivity contribution in [3.05, 3.63) is 62.5 Å². The van der Waals surface area contributed by atoms with Crippen LogP contribution in [0.4, 0.5) is 0 Å². The monoisotopic (exact) mass is 368 g/mol. The Morgan fingerprint density at radius 2 is 2.15 bits per heavy atom. The summed E-state index contributed by atoms with van der Waals surface area (Å²) in [6, 6.07) is 10.6. The number of benzene rings is 1. The van der Waals surface area contributed by atoms with Gasteiger partial charge in [0.25, 0.3) is 5.56 Å². The molecule has 4 nitrogen and oxygen atoms in total. The van der Waals surface area contributed by atoms with Crippen LogP contribution in [0.2, 0.25) is 0 Å². The molecular weight excluding hydrogens is 342 g/mol. The lowest BCUT2D eigenvalue weighted by Gasteiger charge is -2.17. The third-order valence-electron chi connectivity index (χ3n) is 5.41. The summed E-state index contributed by atoms with van der Waals surface area (Å²) in [4.78, 5) is 22.9. The average molecular weight is 369 g/mol. The molecule has 0 amide bonds. The number of aromatic amines is 1. The maximum absolute atomic E-state index is 12.7. The van der Waals surface area contributed by atoms with Crippen molar-refractivity contribution in [3.8, 4) is 0 Å². The van der Waals surface area contributed by atoms with Gasteiger partial charge in [-0.15, -0.1) is 11.3 Å². The second kappa shape index (κ2) is 7.33. The fourth-order valence-electron chi connectivity index (χ4n) is 3.84. The Morgan fingerprint density at radius 3 is 2.96 bits per heavy atom. The molecule has 4 rings (SSSR count). The smallest absolute Gasteiger partial charge is 0.260 e. The maximum atomic E-state index is 12.7. The van der Waals surface area contributed by atoms with Crippen LogP contribution in [0.15, 0.2) is 35.1 Å². The first-order valence-electron chi connectivity index (χ1n) is 9.53. The molecule has 136 valence electrons. The molecule has 1 aliphatic carbocycles. The molecule has 0 bridgehead atoms. The van der Waals surface area contributed by atoms with Crippen LogP contribution >= 0.6 is 11.3 Å². The number of quaternary nitrogens is 1. The average Bonchev–Trinajstić information content (AvgIpc) is 3.00. The maximum Gasteiger partial charge on any atom is 0.260 e. The van der Waals surface area contributed by atoms with Crippen LogP contribution in [-0.2, 0) is 19.3 Å². The van der Waals surface area contributed by atoms with Gasteiger partial charge in [-0.3, -0.25) is 4.79 Å². The Hall–Kier alpha value is -1.98. The number of aryl methyl sites for hydroxylation is 1. The summed E-state index contributed by atoms with van der Waals surface area (Å²) in [5.74, 6) is 1.50. The number of nitrogens with zero attached hydrogens (tertiary/aromatic N) is 1. The predicted molar refractivity (Wildman–Crippen MR) is 107 cm³/mol. The van der Waals surface area contributed by atoms with Gasteiger partial charge in [0.15, 0.2) is 5.82 Å². The first-order valence-corrected chi connectivity index (χ1v) is 10.3. The lowest BCUT2D eigenvalue weighted by molar-refractivity contribution is -0.693. The van der Waals surface area contributed by atoms with Crippen molar-refractivity contribution in [2.75, 3.05) is 6.54 Å². The van der Waals surface area contributed by atoms with E-state index in [-0.39, 0.29) is 11.6 Å². The van der Waals surface area contributed by atoms with Crippen molar-refractivity contribution >= 4 is 21.6 Å². The highest BCUT2D eigenvalue weighted by Gasteiger charge is 2.24. The number of thiophene rings is 1. The molecule has 0 unspecified atom stereocenters. The number of hydrogen-bond donors (Lipinski definition) is 2. The molecule has 26 heavy (non-hydrogen) atoms. The van der Waals surface area contributed by atoms with Crippen molar-refractivity contribution in [3.63, 3.8) is 0 Å². The molecule has 2 aromatic heterocycles. The van der Waals surface area contributed by atoms with Crippen molar-refractivity contribution in [1.82, 2.24) is 9.97 Å². The molecule has 0 saturated carbocycles. The standard InChI is InChI=1S/C21H25N3OS/c1-13-8-9-16-17(12-13)26-21-18(16)20(25)23-19(24-21)14(2)22-11-10-15-6-4-3-5-7-15/h3-7,13-14,22H,8-12H2,1-2H3,(H,23,24,25)/p+1/t13-,14-/m0/s1. The van der Waals surface area contributed by atoms with Crippen LogP contribution in [0, 0.1) is 5.92 Å². The molecule has 0 radical (unpaired) electrons. The number of aromatic nitrogens is 2. The summed E-state index contributed by atoms with van der Waals surface area (Å²) in [7, 11) is 0. The third kappa shape index (κ3) is 3.46. The molecule has 0 fully saturated rings. The summed E-state index contributed by atoms with van der Waals surface area (Å²) in [5, 5.41) is 3.10. The number of rotatable bonds is 5. The van der Waals surface area contributed by atoms with E-state index in [0.29, 0.717) is 5.92 Å². The zero-order valence-electron chi connectivity index (χ0n) is 15.4. The number of fused-ring (bicyclic) bond motifs is 3. The van der Waals surface area contributed by atoms with Gasteiger partial charge in [0, 0.05) is 11.3 Å². The van der Waals surface area contributed by atoms with Crippen LogP contribution in [0.1, 0.15) is 48.1 Å². The minimum atomic E-state index is 0.0420. The first kappa shape index (κ1) is 17.4. The summed E-state index contributed by atoms with van der Waals surface area (Å²) >= 11 is 1.72. The van der Waals surface area contributed by atoms with Crippen molar-refractivity contribution in [1.29, 1.82) is 0 Å². The van der Waals surface area contributed by atoms with E-state index in [1.165, 1.54) is 22.4 Å². The molecule has 0 saturated heterocycles. The van der Waals surface area contributed by atoms with Gasteiger partial charge >= 0.3 is 0 Å². The summed E-state index contributed by atoms with van der Waals surface area (Å²) in [6.45, 7) is 5.39. The lowest BCUT2D eigenvalue weighted by Crippen LogP contribution is -2.85. The van der Waals surface area contributed by atoms with E-state index >= 15 is 0 Å². The quantitative estimate of drug-likeness (QED) is 0.727. The highest BCUT2D eigenvalue weighted by Crippen LogP contribution is 2.35. The topological polar surface area (TPSA) is 62.4 Å². The zero-order chi connectivity index (χ0) is 18.1. The lowest BCUT2D eigenvalue weighted by atomic mass is 9.89. The van der Waals surface area contributed by atoms with Crippen molar-refractivity contribution in [2.24, 2.45) is 5.92 Å². The van der Waals surface area contributed by atoms with Crippen molar-refractivity contribution in [2.45, 2.75) is 45.6 Å². The van der Waals surface area contributed by atoms with Gasteiger partial charge in [0.2, 0.25) is 0 Å². The highest BCUT2D eigenvalue weighted by atomic mass is 32.1. The number of nitrogens with one attached hydrogen (secondary N) is 1. The number of H-pyrrole nitrogens is 1. The fourth-order valence-corrected chi connectivity index (χ4v) is 5.23. The van der Waals surface area contributed by atoms with Gasteiger partial charge in [0.1, 0.15) is 10.9 Å². The van der Waals surface area contributed by atoms with E-state index < -0.39 is 0 Å². The van der Waals surface area contributed by atoms with E-state index in [4.69, 9.17) is 4.98 Å². The van der Waals surface area contributed by atoms with E-state index in [9.17, 15) is 4.79 Å².